The zero-order valence-electron chi connectivity index (χ0n) is 11.2. The van der Waals surface area contributed by atoms with Crippen LogP contribution in [0.2, 0.25) is 0 Å². The van der Waals surface area contributed by atoms with Gasteiger partial charge in [0, 0.05) is 18.6 Å². The topological polar surface area (TPSA) is 78.9 Å². The van der Waals surface area contributed by atoms with Gasteiger partial charge >= 0.3 is 17.9 Å². The Hall–Kier alpha value is -2.63. The van der Waals surface area contributed by atoms with E-state index in [4.69, 9.17) is 14.2 Å². The zero-order valence-corrected chi connectivity index (χ0v) is 11.2. The summed E-state index contributed by atoms with van der Waals surface area (Å²) in [6.45, 7) is -0.0113. The maximum atomic E-state index is 11.4. The monoisotopic (exact) mass is 290 g/mol. The van der Waals surface area contributed by atoms with Crippen LogP contribution in [0.15, 0.2) is 42.5 Å². The molecule has 0 radical (unpaired) electrons. The summed E-state index contributed by atoms with van der Waals surface area (Å²) in [5, 5.41) is 0. The molecule has 1 aromatic carbocycles. The number of carbonyl (C=O) groups is 3. The Balaban J connectivity index is 1.71. The molecular weight excluding hydrogens is 276 g/mol. The molecule has 1 heterocycles. The first-order chi connectivity index (χ1) is 10.1. The molecule has 21 heavy (non-hydrogen) atoms. The van der Waals surface area contributed by atoms with Gasteiger partial charge in [0.1, 0.15) is 18.5 Å². The first-order valence-corrected chi connectivity index (χ1v) is 6.44. The van der Waals surface area contributed by atoms with Crippen LogP contribution in [0.5, 0.6) is 5.75 Å². The summed E-state index contributed by atoms with van der Waals surface area (Å²) in [7, 11) is 0. The Labute approximate surface area is 121 Å². The minimum Gasteiger partial charge on any atom is -0.459 e. The van der Waals surface area contributed by atoms with Gasteiger partial charge in [-0.1, -0.05) is 18.2 Å². The molecule has 110 valence electrons. The number of carbonyl (C=O) groups excluding carboxylic acids is 3. The predicted molar refractivity (Wildman–Crippen MR) is 71.3 cm³/mol. The first-order valence-electron chi connectivity index (χ1n) is 6.44. The molecule has 0 amide bonds. The van der Waals surface area contributed by atoms with E-state index in [9.17, 15) is 14.4 Å². The highest BCUT2D eigenvalue weighted by molar-refractivity contribution is 5.92. The van der Waals surface area contributed by atoms with Gasteiger partial charge in [-0.25, -0.2) is 9.59 Å². The van der Waals surface area contributed by atoms with Crippen molar-refractivity contribution in [3.8, 4) is 5.75 Å². The van der Waals surface area contributed by atoms with Crippen LogP contribution in [0.1, 0.15) is 12.8 Å². The molecule has 1 saturated heterocycles. The Morgan fingerprint density at radius 1 is 1.19 bits per heavy atom. The molecule has 1 atom stereocenters. The summed E-state index contributed by atoms with van der Waals surface area (Å²) in [6.07, 6.45) is 2.43. The van der Waals surface area contributed by atoms with Gasteiger partial charge in [-0.2, -0.15) is 0 Å². The summed E-state index contributed by atoms with van der Waals surface area (Å²) in [5.74, 6) is -1.27. The van der Waals surface area contributed by atoms with E-state index in [1.165, 1.54) is 0 Å². The van der Waals surface area contributed by atoms with E-state index < -0.39 is 18.0 Å². The van der Waals surface area contributed by atoms with Crippen molar-refractivity contribution in [2.24, 2.45) is 0 Å². The fourth-order valence-corrected chi connectivity index (χ4v) is 1.70. The highest BCUT2D eigenvalue weighted by Crippen LogP contribution is 2.13. The average molecular weight is 290 g/mol. The lowest BCUT2D eigenvalue weighted by Gasteiger charge is -2.08. The number of hydrogen-bond donors (Lipinski definition) is 0. The molecule has 1 fully saturated rings. The lowest BCUT2D eigenvalue weighted by Crippen LogP contribution is -2.17. The highest BCUT2D eigenvalue weighted by atomic mass is 16.6. The normalized spacial score (nSPS) is 17.5. The van der Waals surface area contributed by atoms with Gasteiger partial charge in [-0.3, -0.25) is 4.79 Å². The first kappa shape index (κ1) is 14.8. The van der Waals surface area contributed by atoms with Gasteiger partial charge in [0.2, 0.25) is 0 Å². The van der Waals surface area contributed by atoms with Gasteiger partial charge in [0.05, 0.1) is 0 Å². The third-order valence-corrected chi connectivity index (χ3v) is 2.70. The second kappa shape index (κ2) is 7.23. The van der Waals surface area contributed by atoms with E-state index in [0.29, 0.717) is 18.6 Å². The Morgan fingerprint density at radius 2 is 1.90 bits per heavy atom. The van der Waals surface area contributed by atoms with E-state index in [1.54, 1.807) is 30.3 Å². The summed E-state index contributed by atoms with van der Waals surface area (Å²) >= 11 is 0. The Morgan fingerprint density at radius 3 is 2.57 bits per heavy atom. The third kappa shape index (κ3) is 5.10. The lowest BCUT2D eigenvalue weighted by atomic mass is 10.2. The Bertz CT molecular complexity index is 549. The largest absolute Gasteiger partial charge is 0.459 e. The van der Waals surface area contributed by atoms with Gasteiger partial charge in [0.15, 0.2) is 0 Å². The second-order valence-electron chi connectivity index (χ2n) is 4.35. The SMILES string of the molecule is O=C(/C=C/C(=O)Oc1ccccc1)OCC1CCC(=O)O1. The molecule has 6 nitrogen and oxygen atoms in total. The smallest absolute Gasteiger partial charge is 0.336 e. The van der Waals surface area contributed by atoms with Crippen LogP contribution in [0.4, 0.5) is 0 Å². The van der Waals surface area contributed by atoms with Gasteiger partial charge in [-0.05, 0) is 18.6 Å². The molecule has 6 heteroatoms. The molecule has 1 aromatic rings. The van der Waals surface area contributed by atoms with Crippen molar-refractivity contribution in [1.82, 2.24) is 0 Å². The van der Waals surface area contributed by atoms with Crippen molar-refractivity contribution < 1.29 is 28.6 Å². The number of ether oxygens (including phenoxy) is 3. The van der Waals surface area contributed by atoms with Crippen molar-refractivity contribution in [3.05, 3.63) is 42.5 Å². The van der Waals surface area contributed by atoms with E-state index in [-0.39, 0.29) is 12.6 Å². The molecule has 0 saturated carbocycles. The van der Waals surface area contributed by atoms with Crippen molar-refractivity contribution in [3.63, 3.8) is 0 Å². The number of rotatable bonds is 5. The average Bonchev–Trinajstić information content (AvgIpc) is 2.90. The Kier molecular flexibility index (Phi) is 5.09. The molecule has 0 aliphatic carbocycles. The van der Waals surface area contributed by atoms with Gasteiger partial charge in [0.25, 0.3) is 0 Å². The number of esters is 3. The summed E-state index contributed by atoms with van der Waals surface area (Å²) in [5.41, 5.74) is 0. The van der Waals surface area contributed by atoms with E-state index in [2.05, 4.69) is 0 Å². The molecule has 1 aliphatic heterocycles. The van der Waals surface area contributed by atoms with E-state index >= 15 is 0 Å². The van der Waals surface area contributed by atoms with Crippen molar-refractivity contribution in [1.29, 1.82) is 0 Å². The van der Waals surface area contributed by atoms with Crippen molar-refractivity contribution in [2.75, 3.05) is 6.61 Å². The zero-order chi connectivity index (χ0) is 15.1. The van der Waals surface area contributed by atoms with Crippen LogP contribution in [0.25, 0.3) is 0 Å². The highest BCUT2D eigenvalue weighted by Gasteiger charge is 2.24. The minimum absolute atomic E-state index is 0.0113. The maximum absolute atomic E-state index is 11.4. The van der Waals surface area contributed by atoms with Crippen molar-refractivity contribution in [2.45, 2.75) is 18.9 Å². The molecule has 2 rings (SSSR count). The molecule has 0 bridgehead atoms. The van der Waals surface area contributed by atoms with Crippen LogP contribution in [0.3, 0.4) is 0 Å². The fourth-order valence-electron chi connectivity index (χ4n) is 1.70. The minimum atomic E-state index is -0.692. The molecule has 1 aliphatic rings. The van der Waals surface area contributed by atoms with Crippen LogP contribution in [0, 0.1) is 0 Å². The molecule has 0 N–H and O–H groups in total. The van der Waals surface area contributed by atoms with Gasteiger partial charge in [-0.15, -0.1) is 0 Å². The molecule has 0 aromatic heterocycles. The summed E-state index contributed by atoms with van der Waals surface area (Å²) in [4.78, 5) is 33.7. The maximum Gasteiger partial charge on any atom is 0.336 e. The second-order valence-corrected chi connectivity index (χ2v) is 4.35. The van der Waals surface area contributed by atoms with Crippen LogP contribution in [-0.2, 0) is 23.9 Å². The van der Waals surface area contributed by atoms with Crippen LogP contribution in [-0.4, -0.2) is 30.6 Å². The predicted octanol–water partition coefficient (Wildman–Crippen LogP) is 1.40. The number of para-hydroxylation sites is 1. The van der Waals surface area contributed by atoms with Crippen LogP contribution >= 0.6 is 0 Å². The standard InChI is InChI=1S/C15H14O6/c16-13(19-10-12-6-7-14(17)21-12)8-9-15(18)20-11-4-2-1-3-5-11/h1-5,8-9,12H,6-7,10H2/b9-8+. The number of hydrogen-bond acceptors (Lipinski definition) is 6. The summed E-state index contributed by atoms with van der Waals surface area (Å²) in [6, 6.07) is 8.49. The molecule has 0 spiro atoms. The fraction of sp³-hybridized carbons (Fsp3) is 0.267. The van der Waals surface area contributed by atoms with Crippen LogP contribution < -0.4 is 4.74 Å². The van der Waals surface area contributed by atoms with Gasteiger partial charge < -0.3 is 14.2 Å². The molecular formula is C15H14O6. The van der Waals surface area contributed by atoms with Crippen molar-refractivity contribution >= 4 is 17.9 Å². The molecule has 1 unspecified atom stereocenters. The third-order valence-electron chi connectivity index (χ3n) is 2.70. The van der Waals surface area contributed by atoms with E-state index in [1.807, 2.05) is 0 Å². The number of cyclic esters (lactones) is 1. The number of benzene rings is 1. The lowest BCUT2D eigenvalue weighted by molar-refractivity contribution is -0.149. The van der Waals surface area contributed by atoms with E-state index in [0.717, 1.165) is 12.2 Å². The summed E-state index contributed by atoms with van der Waals surface area (Å²) < 4.78 is 14.7. The quantitative estimate of drug-likeness (QED) is 0.463.